The molecule has 21 heavy (non-hydrogen) atoms. The van der Waals surface area contributed by atoms with Gasteiger partial charge in [-0.15, -0.1) is 0 Å². The molecule has 0 radical (unpaired) electrons. The highest BCUT2D eigenvalue weighted by Crippen LogP contribution is 2.45. The molecule has 2 aliphatic rings. The highest BCUT2D eigenvalue weighted by molar-refractivity contribution is 5.70. The summed E-state index contributed by atoms with van der Waals surface area (Å²) in [6.45, 7) is 7.10. The molecule has 1 spiro atoms. The fourth-order valence-corrected chi connectivity index (χ4v) is 3.58. The highest BCUT2D eigenvalue weighted by atomic mass is 16.6. The second kappa shape index (κ2) is 5.85. The molecular weight excluding hydrogens is 270 g/mol. The summed E-state index contributed by atoms with van der Waals surface area (Å²) >= 11 is 0. The number of aliphatic carboxylic acids is 1. The fourth-order valence-electron chi connectivity index (χ4n) is 3.58. The molecule has 1 aliphatic carbocycles. The maximum absolute atomic E-state index is 12.2. The van der Waals surface area contributed by atoms with E-state index in [1.807, 2.05) is 25.7 Å². The van der Waals surface area contributed by atoms with Crippen LogP contribution in [0.3, 0.4) is 0 Å². The minimum atomic E-state index is -0.676. The van der Waals surface area contributed by atoms with Crippen LogP contribution in [0.1, 0.15) is 59.3 Å². The average Bonchev–Trinajstić information content (AvgIpc) is 2.37. The zero-order valence-electron chi connectivity index (χ0n) is 13.4. The normalized spacial score (nSPS) is 30.2. The second-order valence-electron chi connectivity index (χ2n) is 7.62. The van der Waals surface area contributed by atoms with Gasteiger partial charge in [-0.3, -0.25) is 4.79 Å². The van der Waals surface area contributed by atoms with Crippen LogP contribution in [0, 0.1) is 11.3 Å². The molecule has 120 valence electrons. The van der Waals surface area contributed by atoms with Crippen LogP contribution in [-0.2, 0) is 9.53 Å². The van der Waals surface area contributed by atoms with Crippen molar-refractivity contribution in [3.8, 4) is 0 Å². The predicted octanol–water partition coefficient (Wildman–Crippen LogP) is 3.28. The number of carboxylic acid groups (broad SMARTS) is 1. The zero-order chi connectivity index (χ0) is 15.7. The van der Waals surface area contributed by atoms with Gasteiger partial charge in [-0.1, -0.05) is 0 Å². The van der Waals surface area contributed by atoms with Crippen molar-refractivity contribution in [2.24, 2.45) is 11.3 Å². The first-order chi connectivity index (χ1) is 9.71. The molecule has 0 aromatic carbocycles. The summed E-state index contributed by atoms with van der Waals surface area (Å²) < 4.78 is 5.46. The lowest BCUT2D eigenvalue weighted by atomic mass is 9.66. The van der Waals surface area contributed by atoms with Gasteiger partial charge in [-0.2, -0.15) is 0 Å². The number of nitrogens with zero attached hydrogens (tertiary/aromatic N) is 1. The summed E-state index contributed by atoms with van der Waals surface area (Å²) in [6, 6.07) is 0. The topological polar surface area (TPSA) is 66.8 Å². The zero-order valence-corrected chi connectivity index (χ0v) is 13.4. The number of ether oxygens (including phenoxy) is 1. The van der Waals surface area contributed by atoms with E-state index in [2.05, 4.69) is 0 Å². The van der Waals surface area contributed by atoms with Gasteiger partial charge in [-0.25, -0.2) is 4.79 Å². The van der Waals surface area contributed by atoms with Crippen molar-refractivity contribution in [3.63, 3.8) is 0 Å². The quantitative estimate of drug-likeness (QED) is 0.806. The minimum absolute atomic E-state index is 0.112. The van der Waals surface area contributed by atoms with Crippen molar-refractivity contribution in [2.45, 2.75) is 64.9 Å². The predicted molar refractivity (Wildman–Crippen MR) is 79.1 cm³/mol. The first-order valence-electron chi connectivity index (χ1n) is 7.92. The first kappa shape index (κ1) is 16.1. The molecule has 0 aromatic heterocycles. The summed E-state index contributed by atoms with van der Waals surface area (Å²) in [5, 5.41) is 9.11. The molecule has 1 aliphatic heterocycles. The van der Waals surface area contributed by atoms with E-state index < -0.39 is 11.6 Å². The van der Waals surface area contributed by atoms with Gasteiger partial charge in [0.05, 0.1) is 5.92 Å². The molecule has 0 bridgehead atoms. The van der Waals surface area contributed by atoms with Crippen molar-refractivity contribution in [1.29, 1.82) is 0 Å². The Morgan fingerprint density at radius 1 is 1.19 bits per heavy atom. The van der Waals surface area contributed by atoms with E-state index in [0.717, 1.165) is 45.1 Å². The van der Waals surface area contributed by atoms with Crippen molar-refractivity contribution in [2.75, 3.05) is 13.1 Å². The van der Waals surface area contributed by atoms with Gasteiger partial charge in [0, 0.05) is 13.1 Å². The van der Waals surface area contributed by atoms with Crippen molar-refractivity contribution in [3.05, 3.63) is 0 Å². The second-order valence-corrected chi connectivity index (χ2v) is 7.62. The van der Waals surface area contributed by atoms with Crippen LogP contribution in [0.5, 0.6) is 0 Å². The maximum Gasteiger partial charge on any atom is 0.410 e. The molecule has 1 saturated carbocycles. The maximum atomic E-state index is 12.2. The number of hydrogen-bond donors (Lipinski definition) is 1. The lowest BCUT2D eigenvalue weighted by Crippen LogP contribution is -2.49. The summed E-state index contributed by atoms with van der Waals surface area (Å²) in [7, 11) is 0. The molecule has 5 nitrogen and oxygen atoms in total. The number of likely N-dealkylation sites (tertiary alicyclic amines) is 1. The van der Waals surface area contributed by atoms with Gasteiger partial charge in [0.15, 0.2) is 0 Å². The number of hydrogen-bond acceptors (Lipinski definition) is 3. The van der Waals surface area contributed by atoms with E-state index in [1.54, 1.807) is 0 Å². The van der Waals surface area contributed by atoms with Crippen LogP contribution in [-0.4, -0.2) is 40.8 Å². The van der Waals surface area contributed by atoms with Crippen LogP contribution in [0.25, 0.3) is 0 Å². The molecule has 0 unspecified atom stereocenters. The molecule has 2 fully saturated rings. The number of piperidine rings is 1. The highest BCUT2D eigenvalue weighted by Gasteiger charge is 2.42. The smallest absolute Gasteiger partial charge is 0.410 e. The summed E-state index contributed by atoms with van der Waals surface area (Å²) in [4.78, 5) is 25.1. The molecule has 1 saturated heterocycles. The lowest BCUT2D eigenvalue weighted by Gasteiger charge is -2.46. The fraction of sp³-hybridized carbons (Fsp3) is 0.875. The third kappa shape index (κ3) is 4.11. The number of rotatable bonds is 1. The van der Waals surface area contributed by atoms with Crippen LogP contribution in [0.4, 0.5) is 4.79 Å². The largest absolute Gasteiger partial charge is 0.481 e. The molecule has 1 amide bonds. The van der Waals surface area contributed by atoms with E-state index in [9.17, 15) is 9.59 Å². The molecule has 0 aromatic rings. The van der Waals surface area contributed by atoms with Gasteiger partial charge >= 0.3 is 12.1 Å². The molecule has 5 heteroatoms. The van der Waals surface area contributed by atoms with Crippen molar-refractivity contribution in [1.82, 2.24) is 4.90 Å². The number of amides is 1. The Bertz CT molecular complexity index is 405. The third-order valence-electron chi connectivity index (χ3n) is 4.71. The molecule has 0 atom stereocenters. The van der Waals surface area contributed by atoms with Crippen LogP contribution < -0.4 is 0 Å². The Hall–Kier alpha value is -1.26. The van der Waals surface area contributed by atoms with E-state index in [0.29, 0.717) is 6.54 Å². The van der Waals surface area contributed by atoms with E-state index in [1.165, 1.54) is 0 Å². The monoisotopic (exact) mass is 297 g/mol. The molecule has 2 rings (SSSR count). The van der Waals surface area contributed by atoms with Gasteiger partial charge in [-0.05, 0) is 64.7 Å². The van der Waals surface area contributed by atoms with Crippen molar-refractivity contribution >= 4 is 12.1 Å². The van der Waals surface area contributed by atoms with Gasteiger partial charge in [0.2, 0.25) is 0 Å². The number of carboxylic acids is 1. The summed E-state index contributed by atoms with van der Waals surface area (Å²) in [5.74, 6) is -0.878. The SMILES string of the molecule is CC(C)(C)OC(=O)N1CCCC2(CCC(C(=O)O)CC2)C1. The van der Waals surface area contributed by atoms with Gasteiger partial charge in [0.25, 0.3) is 0 Å². The van der Waals surface area contributed by atoms with Crippen molar-refractivity contribution < 1.29 is 19.4 Å². The Balaban J connectivity index is 1.95. The van der Waals surface area contributed by atoms with Crippen LogP contribution >= 0.6 is 0 Å². The average molecular weight is 297 g/mol. The first-order valence-corrected chi connectivity index (χ1v) is 7.92. The van der Waals surface area contributed by atoms with Crippen LogP contribution in [0.2, 0.25) is 0 Å². The van der Waals surface area contributed by atoms with E-state index in [4.69, 9.17) is 9.84 Å². The Morgan fingerprint density at radius 2 is 1.81 bits per heavy atom. The van der Waals surface area contributed by atoms with Crippen LogP contribution in [0.15, 0.2) is 0 Å². The molecule has 1 heterocycles. The minimum Gasteiger partial charge on any atom is -0.481 e. The Labute approximate surface area is 126 Å². The Morgan fingerprint density at radius 3 is 2.33 bits per heavy atom. The lowest BCUT2D eigenvalue weighted by molar-refractivity contribution is -0.144. The molecular formula is C16H27NO4. The van der Waals surface area contributed by atoms with E-state index in [-0.39, 0.29) is 17.4 Å². The summed E-state index contributed by atoms with van der Waals surface area (Å²) in [5.41, 5.74) is -0.357. The van der Waals surface area contributed by atoms with Gasteiger partial charge in [0.1, 0.15) is 5.60 Å². The summed E-state index contributed by atoms with van der Waals surface area (Å²) in [6.07, 6.45) is 5.12. The Kier molecular flexibility index (Phi) is 4.49. The number of carbonyl (C=O) groups excluding carboxylic acids is 1. The van der Waals surface area contributed by atoms with Gasteiger partial charge < -0.3 is 14.7 Å². The number of carbonyl (C=O) groups is 2. The van der Waals surface area contributed by atoms with E-state index >= 15 is 0 Å². The molecule has 1 N–H and O–H groups in total. The third-order valence-corrected chi connectivity index (χ3v) is 4.71. The standard InChI is InChI=1S/C16H27NO4/c1-15(2,3)21-14(20)17-10-4-7-16(11-17)8-5-12(6-9-16)13(18)19/h12H,4-11H2,1-3H3,(H,18,19).